The second-order valence-corrected chi connectivity index (χ2v) is 5.37. The first-order valence-corrected chi connectivity index (χ1v) is 7.21. The quantitative estimate of drug-likeness (QED) is 0.916. The van der Waals surface area contributed by atoms with E-state index >= 15 is 0 Å². The highest BCUT2D eigenvalue weighted by atomic mass is 19.1. The molecule has 1 aliphatic heterocycles. The van der Waals surface area contributed by atoms with Crippen molar-refractivity contribution in [3.05, 3.63) is 65.2 Å². The van der Waals surface area contributed by atoms with Crippen molar-refractivity contribution in [2.24, 2.45) is 0 Å². The summed E-state index contributed by atoms with van der Waals surface area (Å²) in [7, 11) is 0. The lowest BCUT2D eigenvalue weighted by atomic mass is 9.99. The van der Waals surface area contributed by atoms with Crippen LogP contribution in [-0.2, 0) is 0 Å². The lowest BCUT2D eigenvalue weighted by Gasteiger charge is -2.29. The molecule has 0 radical (unpaired) electrons. The van der Waals surface area contributed by atoms with Crippen LogP contribution in [0.15, 0.2) is 42.5 Å². The summed E-state index contributed by atoms with van der Waals surface area (Å²) in [5, 5.41) is 18.1. The van der Waals surface area contributed by atoms with E-state index in [0.717, 1.165) is 23.3 Å². The number of rotatable bonds is 2. The Bertz CT molecular complexity index is 784. The van der Waals surface area contributed by atoms with Crippen LogP contribution in [0.2, 0.25) is 0 Å². The molecule has 2 aromatic rings. The third-order valence-electron chi connectivity index (χ3n) is 3.91. The minimum atomic E-state index is -0.719. The van der Waals surface area contributed by atoms with E-state index in [1.807, 2.05) is 18.2 Å². The summed E-state index contributed by atoms with van der Waals surface area (Å²) < 4.78 is 28.1. The molecule has 0 fully saturated rings. The maximum absolute atomic E-state index is 14.1. The second kappa shape index (κ2) is 6.09. The Kier molecular flexibility index (Phi) is 3.98. The predicted molar refractivity (Wildman–Crippen MR) is 84.0 cm³/mol. The molecule has 0 unspecified atom stereocenters. The molecule has 2 aromatic carbocycles. The fourth-order valence-electron chi connectivity index (χ4n) is 2.74. The van der Waals surface area contributed by atoms with Gasteiger partial charge in [0.05, 0.1) is 11.6 Å². The Balaban J connectivity index is 1.84. The van der Waals surface area contributed by atoms with E-state index in [9.17, 15) is 13.9 Å². The van der Waals surface area contributed by atoms with Crippen molar-refractivity contribution in [1.29, 1.82) is 5.26 Å². The summed E-state index contributed by atoms with van der Waals surface area (Å²) in [5.74, 6) is -1.24. The summed E-state index contributed by atoms with van der Waals surface area (Å²) in [5.41, 5.74) is 1.95. The zero-order chi connectivity index (χ0) is 16.4. The van der Waals surface area contributed by atoms with Crippen molar-refractivity contribution in [1.82, 2.24) is 0 Å². The van der Waals surface area contributed by atoms with Crippen LogP contribution >= 0.6 is 0 Å². The van der Waals surface area contributed by atoms with Gasteiger partial charge in [-0.25, -0.2) is 8.78 Å². The van der Waals surface area contributed by atoms with Gasteiger partial charge in [0, 0.05) is 13.1 Å². The number of hydrogen-bond acceptors (Lipinski definition) is 3. The minimum Gasteiger partial charge on any atom is -0.508 e. The average Bonchev–Trinajstić information content (AvgIpc) is 2.55. The first-order chi connectivity index (χ1) is 11.1. The number of aromatic hydroxyl groups is 1. The van der Waals surface area contributed by atoms with Gasteiger partial charge in [0.25, 0.3) is 0 Å². The van der Waals surface area contributed by atoms with E-state index in [2.05, 4.69) is 0 Å². The van der Waals surface area contributed by atoms with Gasteiger partial charge >= 0.3 is 0 Å². The lowest BCUT2D eigenvalue weighted by molar-refractivity contribution is 0.475. The molecule has 0 spiro atoms. The van der Waals surface area contributed by atoms with Crippen LogP contribution in [0.3, 0.4) is 0 Å². The largest absolute Gasteiger partial charge is 0.508 e. The van der Waals surface area contributed by atoms with E-state index in [1.54, 1.807) is 23.1 Å². The Hall–Kier alpha value is -2.87. The summed E-state index contributed by atoms with van der Waals surface area (Å²) in [6.45, 7) is 0.863. The highest BCUT2D eigenvalue weighted by Gasteiger charge is 2.20. The molecule has 0 bridgehead atoms. The number of nitriles is 1. The normalized spacial score (nSPS) is 14.3. The molecule has 1 aliphatic rings. The van der Waals surface area contributed by atoms with E-state index in [4.69, 9.17) is 5.26 Å². The molecule has 3 rings (SSSR count). The molecule has 0 atom stereocenters. The predicted octanol–water partition coefficient (Wildman–Crippen LogP) is 3.84. The van der Waals surface area contributed by atoms with E-state index in [1.165, 1.54) is 0 Å². The molecule has 0 aromatic heterocycles. The summed E-state index contributed by atoms with van der Waals surface area (Å²) >= 11 is 0. The molecule has 1 heterocycles. The number of halogens is 2. The fourth-order valence-corrected chi connectivity index (χ4v) is 2.74. The van der Waals surface area contributed by atoms with Crippen LogP contribution in [0.5, 0.6) is 5.75 Å². The topological polar surface area (TPSA) is 47.3 Å². The molecule has 3 nitrogen and oxygen atoms in total. The van der Waals surface area contributed by atoms with Crippen LogP contribution in [0.1, 0.15) is 17.5 Å². The van der Waals surface area contributed by atoms with Gasteiger partial charge < -0.3 is 10.0 Å². The first-order valence-electron chi connectivity index (χ1n) is 7.21. The highest BCUT2D eigenvalue weighted by Crippen LogP contribution is 2.30. The molecule has 5 heteroatoms. The van der Waals surface area contributed by atoms with Crippen LogP contribution in [0.4, 0.5) is 14.5 Å². The highest BCUT2D eigenvalue weighted by molar-refractivity contribution is 5.69. The van der Waals surface area contributed by atoms with Crippen molar-refractivity contribution in [2.45, 2.75) is 6.42 Å². The molecule has 0 saturated heterocycles. The van der Waals surface area contributed by atoms with Crippen molar-refractivity contribution in [2.75, 3.05) is 18.0 Å². The van der Waals surface area contributed by atoms with Crippen LogP contribution in [0.25, 0.3) is 5.57 Å². The third-order valence-corrected chi connectivity index (χ3v) is 3.91. The second-order valence-electron chi connectivity index (χ2n) is 5.37. The summed E-state index contributed by atoms with van der Waals surface area (Å²) in [4.78, 5) is 1.62. The Labute approximate surface area is 132 Å². The minimum absolute atomic E-state index is 0.0268. The zero-order valence-corrected chi connectivity index (χ0v) is 12.3. The van der Waals surface area contributed by atoms with Gasteiger partial charge in [-0.1, -0.05) is 18.2 Å². The lowest BCUT2D eigenvalue weighted by Crippen LogP contribution is -2.30. The number of benzene rings is 2. The fraction of sp³-hybridized carbons (Fsp3) is 0.167. The third kappa shape index (κ3) is 3.02. The van der Waals surface area contributed by atoms with Crippen LogP contribution < -0.4 is 4.90 Å². The Morgan fingerprint density at radius 2 is 1.74 bits per heavy atom. The number of hydrogen-bond donors (Lipinski definition) is 1. The monoisotopic (exact) mass is 312 g/mol. The zero-order valence-electron chi connectivity index (χ0n) is 12.3. The van der Waals surface area contributed by atoms with Gasteiger partial charge in [0.1, 0.15) is 11.4 Å². The van der Waals surface area contributed by atoms with Crippen molar-refractivity contribution < 1.29 is 13.9 Å². The standard InChI is InChI=1S/C18H14F2N2O/c19-16-9-12(11-21)10-17(20)18(16)22-7-5-14(6-8-22)13-1-3-15(23)4-2-13/h1-5,9-10,23H,6-8H2. The SMILES string of the molecule is N#Cc1cc(F)c(N2CC=C(c3ccc(O)cc3)CC2)c(F)c1. The van der Waals surface area contributed by atoms with E-state index in [-0.39, 0.29) is 17.0 Å². The average molecular weight is 312 g/mol. The first kappa shape index (κ1) is 15.0. The van der Waals surface area contributed by atoms with Gasteiger partial charge in [-0.15, -0.1) is 0 Å². The number of phenolic OH excluding ortho intramolecular Hbond substituents is 1. The Morgan fingerprint density at radius 1 is 1.09 bits per heavy atom. The molecule has 116 valence electrons. The van der Waals surface area contributed by atoms with Crippen molar-refractivity contribution >= 4 is 11.3 Å². The summed E-state index contributed by atoms with van der Waals surface area (Å²) in [6, 6.07) is 10.7. The summed E-state index contributed by atoms with van der Waals surface area (Å²) in [6.07, 6.45) is 2.57. The Morgan fingerprint density at radius 3 is 2.26 bits per heavy atom. The van der Waals surface area contributed by atoms with E-state index < -0.39 is 11.6 Å². The number of phenols is 1. The molecule has 1 N–H and O–H groups in total. The van der Waals surface area contributed by atoms with Gasteiger partial charge in [0.2, 0.25) is 0 Å². The van der Waals surface area contributed by atoms with Gasteiger partial charge in [0.15, 0.2) is 11.6 Å². The molecule has 23 heavy (non-hydrogen) atoms. The molecular formula is C18H14F2N2O. The molecule has 0 saturated carbocycles. The maximum atomic E-state index is 14.1. The maximum Gasteiger partial charge on any atom is 0.150 e. The van der Waals surface area contributed by atoms with Crippen LogP contribution in [0, 0.1) is 23.0 Å². The van der Waals surface area contributed by atoms with Gasteiger partial charge in [-0.2, -0.15) is 5.26 Å². The molecular weight excluding hydrogens is 298 g/mol. The van der Waals surface area contributed by atoms with E-state index in [0.29, 0.717) is 19.5 Å². The van der Waals surface area contributed by atoms with Gasteiger partial charge in [-0.3, -0.25) is 0 Å². The van der Waals surface area contributed by atoms with Crippen molar-refractivity contribution in [3.8, 4) is 11.8 Å². The van der Waals surface area contributed by atoms with Gasteiger partial charge in [-0.05, 0) is 41.8 Å². The smallest absolute Gasteiger partial charge is 0.150 e. The van der Waals surface area contributed by atoms with Crippen LogP contribution in [-0.4, -0.2) is 18.2 Å². The molecule has 0 aliphatic carbocycles. The number of anilines is 1. The molecule has 0 amide bonds. The van der Waals surface area contributed by atoms with Crippen molar-refractivity contribution in [3.63, 3.8) is 0 Å². The number of nitrogens with zero attached hydrogens (tertiary/aromatic N) is 2.